The highest BCUT2D eigenvalue weighted by Crippen LogP contribution is 2.14. The molecule has 0 aliphatic heterocycles. The van der Waals surface area contributed by atoms with Gasteiger partial charge in [-0.3, -0.25) is 4.79 Å². The van der Waals surface area contributed by atoms with E-state index in [9.17, 15) is 4.79 Å². The summed E-state index contributed by atoms with van der Waals surface area (Å²) in [6.07, 6.45) is 3.80. The van der Waals surface area contributed by atoms with Crippen molar-refractivity contribution >= 4 is 5.91 Å². The van der Waals surface area contributed by atoms with Gasteiger partial charge in [0.25, 0.3) is 5.91 Å². The maximum absolute atomic E-state index is 11.5. The van der Waals surface area contributed by atoms with Crippen LogP contribution in [0.1, 0.15) is 20.8 Å². The Kier molecular flexibility index (Phi) is 6.71. The zero-order valence-corrected chi connectivity index (χ0v) is 11.2. The molecule has 0 rings (SSSR count). The Morgan fingerprint density at radius 1 is 1.35 bits per heavy atom. The van der Waals surface area contributed by atoms with Crippen LogP contribution in [0.3, 0.4) is 0 Å². The second-order valence-electron chi connectivity index (χ2n) is 3.74. The number of nitrogens with one attached hydrogen (secondary N) is 2. The molecular weight excluding hydrogens is 212 g/mol. The van der Waals surface area contributed by atoms with Crippen LogP contribution >= 0.6 is 0 Å². The lowest BCUT2D eigenvalue weighted by molar-refractivity contribution is -0.117. The number of amides is 1. The van der Waals surface area contributed by atoms with Gasteiger partial charge in [0.2, 0.25) is 0 Å². The fourth-order valence-electron chi connectivity index (χ4n) is 1.25. The Morgan fingerprint density at radius 3 is 2.35 bits per heavy atom. The second-order valence-corrected chi connectivity index (χ2v) is 3.74. The number of hydrogen-bond donors (Lipinski definition) is 2. The summed E-state index contributed by atoms with van der Waals surface area (Å²) in [5.41, 5.74) is 3.69. The summed E-state index contributed by atoms with van der Waals surface area (Å²) in [5, 5.41) is 5.52. The van der Waals surface area contributed by atoms with Crippen LogP contribution in [0.5, 0.6) is 0 Å². The molecule has 1 amide bonds. The van der Waals surface area contributed by atoms with E-state index in [1.54, 1.807) is 7.05 Å². The molecule has 0 unspecified atom stereocenters. The molecule has 0 radical (unpaired) electrons. The van der Waals surface area contributed by atoms with Gasteiger partial charge in [0.1, 0.15) is 0 Å². The Morgan fingerprint density at radius 2 is 1.94 bits per heavy atom. The van der Waals surface area contributed by atoms with Crippen molar-refractivity contribution in [1.29, 1.82) is 0 Å². The molecule has 94 valence electrons. The summed E-state index contributed by atoms with van der Waals surface area (Å²) in [7, 11) is 1.67. The number of rotatable bonds is 6. The first-order valence-corrected chi connectivity index (χ1v) is 5.58. The van der Waals surface area contributed by atoms with Crippen LogP contribution in [0.25, 0.3) is 0 Å². The van der Waals surface area contributed by atoms with Crippen molar-refractivity contribution in [3.8, 4) is 0 Å². The normalized spacial score (nSPS) is 12.6. The summed E-state index contributed by atoms with van der Waals surface area (Å²) in [4.78, 5) is 11.5. The van der Waals surface area contributed by atoms with Gasteiger partial charge in [-0.05, 0) is 37.5 Å². The van der Waals surface area contributed by atoms with Crippen LogP contribution in [-0.4, -0.2) is 19.5 Å². The molecule has 0 atom stereocenters. The van der Waals surface area contributed by atoms with Crippen molar-refractivity contribution in [2.24, 2.45) is 0 Å². The van der Waals surface area contributed by atoms with Gasteiger partial charge in [0.15, 0.2) is 0 Å². The van der Waals surface area contributed by atoms with Crippen LogP contribution in [0.2, 0.25) is 0 Å². The van der Waals surface area contributed by atoms with Gasteiger partial charge >= 0.3 is 0 Å². The molecule has 0 aliphatic carbocycles. The first-order chi connectivity index (χ1) is 7.97. The molecule has 0 saturated carbocycles. The maximum Gasteiger partial charge on any atom is 0.266 e. The van der Waals surface area contributed by atoms with Crippen molar-refractivity contribution < 1.29 is 4.79 Å². The molecule has 0 heterocycles. The Labute approximate surface area is 104 Å². The molecule has 2 N–H and O–H groups in total. The van der Waals surface area contributed by atoms with E-state index in [0.29, 0.717) is 12.2 Å². The highest BCUT2D eigenvalue weighted by molar-refractivity contribution is 5.92. The van der Waals surface area contributed by atoms with Crippen LogP contribution in [0.15, 0.2) is 47.7 Å². The van der Waals surface area contributed by atoms with Crippen LogP contribution in [-0.2, 0) is 4.79 Å². The number of hydrogen-bond acceptors (Lipinski definition) is 2. The van der Waals surface area contributed by atoms with Crippen molar-refractivity contribution in [1.82, 2.24) is 10.6 Å². The monoisotopic (exact) mass is 234 g/mol. The molecule has 0 aromatic carbocycles. The summed E-state index contributed by atoms with van der Waals surface area (Å²) in [6.45, 7) is 13.8. The molecule has 3 heteroatoms. The minimum atomic E-state index is -0.184. The van der Waals surface area contributed by atoms with Crippen molar-refractivity contribution in [2.45, 2.75) is 20.8 Å². The average Bonchev–Trinajstić information content (AvgIpc) is 2.36. The first-order valence-electron chi connectivity index (χ1n) is 5.58. The largest absolute Gasteiger partial charge is 0.384 e. The van der Waals surface area contributed by atoms with E-state index < -0.39 is 0 Å². The zero-order chi connectivity index (χ0) is 13.4. The lowest BCUT2D eigenvalue weighted by Crippen LogP contribution is -2.31. The van der Waals surface area contributed by atoms with Gasteiger partial charge in [-0.2, -0.15) is 0 Å². The fourth-order valence-corrected chi connectivity index (χ4v) is 1.25. The van der Waals surface area contributed by atoms with E-state index >= 15 is 0 Å². The lowest BCUT2D eigenvalue weighted by Gasteiger charge is -2.12. The molecule has 0 fully saturated rings. The second kappa shape index (κ2) is 7.49. The van der Waals surface area contributed by atoms with Gasteiger partial charge < -0.3 is 10.6 Å². The van der Waals surface area contributed by atoms with Crippen LogP contribution in [0.4, 0.5) is 0 Å². The molecule has 0 bridgehead atoms. The van der Waals surface area contributed by atoms with Gasteiger partial charge in [-0.15, -0.1) is 0 Å². The Hall–Kier alpha value is -1.77. The third kappa shape index (κ3) is 4.72. The topological polar surface area (TPSA) is 41.1 Å². The van der Waals surface area contributed by atoms with Crippen LogP contribution < -0.4 is 10.6 Å². The van der Waals surface area contributed by atoms with E-state index in [4.69, 9.17) is 0 Å². The quantitative estimate of drug-likeness (QED) is 0.547. The molecule has 0 aromatic rings. The predicted octanol–water partition coefficient (Wildman–Crippen LogP) is 2.30. The Balaban J connectivity index is 4.62. The number of carbonyl (C=O) groups is 1. The first kappa shape index (κ1) is 15.2. The lowest BCUT2D eigenvalue weighted by atomic mass is 10.0. The fraction of sp³-hybridized carbons (Fsp3) is 0.357. The van der Waals surface area contributed by atoms with Gasteiger partial charge in [-0.1, -0.05) is 25.3 Å². The summed E-state index contributed by atoms with van der Waals surface area (Å²) < 4.78 is 0. The summed E-state index contributed by atoms with van der Waals surface area (Å²) >= 11 is 0. The highest BCUT2D eigenvalue weighted by Gasteiger charge is 2.07. The molecule has 17 heavy (non-hydrogen) atoms. The number of likely N-dealkylation sites (N-methyl/N-ethyl adjacent to an activating group) is 1. The molecule has 3 nitrogen and oxygen atoms in total. The van der Waals surface area contributed by atoms with E-state index in [1.165, 1.54) is 0 Å². The predicted molar refractivity (Wildman–Crippen MR) is 73.5 cm³/mol. The van der Waals surface area contributed by atoms with Crippen molar-refractivity contribution in [3.05, 3.63) is 47.7 Å². The van der Waals surface area contributed by atoms with Gasteiger partial charge in [0, 0.05) is 13.6 Å². The molecule has 0 spiro atoms. The van der Waals surface area contributed by atoms with Gasteiger partial charge in [0.05, 0.1) is 5.70 Å². The van der Waals surface area contributed by atoms with E-state index in [-0.39, 0.29) is 5.91 Å². The SMILES string of the molecule is C=C/C(C)=C(C)\C(=C/C)CNC(=O)C(=C)NC. The van der Waals surface area contributed by atoms with E-state index in [1.807, 2.05) is 32.9 Å². The number of allylic oxidation sites excluding steroid dienone is 3. The maximum atomic E-state index is 11.5. The minimum absolute atomic E-state index is 0.184. The molecule has 0 aliphatic rings. The standard InChI is InChI=1S/C14H22N2O/c1-7-10(3)11(4)13(8-2)9-16-14(17)12(5)15-6/h7-8,15H,1,5,9H2,2-4,6H3,(H,16,17)/b11-10-,13-8-. The third-order valence-electron chi connectivity index (χ3n) is 2.74. The third-order valence-corrected chi connectivity index (χ3v) is 2.74. The van der Waals surface area contributed by atoms with Crippen LogP contribution in [0, 0.1) is 0 Å². The average molecular weight is 234 g/mol. The van der Waals surface area contributed by atoms with E-state index in [2.05, 4.69) is 23.8 Å². The Bertz CT molecular complexity index is 376. The minimum Gasteiger partial charge on any atom is -0.384 e. The zero-order valence-electron chi connectivity index (χ0n) is 11.2. The number of carbonyl (C=O) groups excluding carboxylic acids is 1. The highest BCUT2D eigenvalue weighted by atomic mass is 16.2. The summed E-state index contributed by atoms with van der Waals surface area (Å²) in [6, 6.07) is 0. The smallest absolute Gasteiger partial charge is 0.266 e. The molecule has 0 aromatic heterocycles. The van der Waals surface area contributed by atoms with Crippen molar-refractivity contribution in [3.63, 3.8) is 0 Å². The summed E-state index contributed by atoms with van der Waals surface area (Å²) in [5.74, 6) is -0.184. The molecule has 0 saturated heterocycles. The van der Waals surface area contributed by atoms with Gasteiger partial charge in [-0.25, -0.2) is 0 Å². The van der Waals surface area contributed by atoms with Crippen molar-refractivity contribution in [2.75, 3.05) is 13.6 Å². The van der Waals surface area contributed by atoms with E-state index in [0.717, 1.165) is 16.7 Å². The molecular formula is C14H22N2O.